The molecular weight excluding hydrogens is 686 g/mol. The highest BCUT2D eigenvalue weighted by molar-refractivity contribution is 5.92. The number of hydrogen-bond acceptors (Lipinski definition) is 12. The maximum Gasteiger partial charge on any atom is 0.331 e. The van der Waals surface area contributed by atoms with Crippen molar-refractivity contribution in [1.29, 1.82) is 0 Å². The first-order valence-electron chi connectivity index (χ1n) is 19.1. The van der Waals surface area contributed by atoms with Crippen molar-refractivity contribution >= 4 is 29.4 Å². The Morgan fingerprint density at radius 1 is 1.02 bits per heavy atom. The Kier molecular flexibility index (Phi) is 12.9. The molecule has 2 N–H and O–H groups in total. The molecule has 4 saturated heterocycles. The molecule has 13 heteroatoms. The number of carbonyl (C=O) groups is 5. The molecule has 1 spiro atoms. The molecule has 7 aliphatic heterocycles. The van der Waals surface area contributed by atoms with Crippen LogP contribution in [0.2, 0.25) is 0 Å². The first-order valence-corrected chi connectivity index (χ1v) is 19.1. The number of aliphatic hydroxyl groups is 1. The minimum absolute atomic E-state index is 0.000260. The fraction of sp³-hybridized carbons (Fsp3) is 0.725. The van der Waals surface area contributed by atoms with Crippen molar-refractivity contribution in [3.63, 3.8) is 0 Å². The van der Waals surface area contributed by atoms with Crippen molar-refractivity contribution in [3.8, 4) is 0 Å². The lowest BCUT2D eigenvalue weighted by Gasteiger charge is -2.53. The van der Waals surface area contributed by atoms with Crippen LogP contribution >= 0.6 is 0 Å². The topological polar surface area (TPSA) is 176 Å². The Labute approximate surface area is 312 Å². The number of rotatable bonds is 7. The number of Topliss-reactive ketones (excluding diaryl/α,β-unsaturated/α-hetero) is 2. The van der Waals surface area contributed by atoms with E-state index in [4.69, 9.17) is 28.4 Å². The molecule has 294 valence electrons. The maximum absolute atomic E-state index is 13.6. The second-order valence-corrected chi connectivity index (χ2v) is 15.9. The minimum Gasteiger partial charge on any atom is -0.456 e. The molecule has 7 heterocycles. The van der Waals surface area contributed by atoms with Crippen LogP contribution in [0.4, 0.5) is 0 Å². The third-order valence-electron chi connectivity index (χ3n) is 11.6. The molecule has 0 radical (unpaired) electrons. The van der Waals surface area contributed by atoms with E-state index >= 15 is 0 Å². The summed E-state index contributed by atoms with van der Waals surface area (Å²) >= 11 is 0. The lowest BCUT2D eigenvalue weighted by Crippen LogP contribution is -2.60. The van der Waals surface area contributed by atoms with Gasteiger partial charge in [0.1, 0.15) is 23.6 Å². The van der Waals surface area contributed by atoms with Crippen LogP contribution in [-0.4, -0.2) is 94.2 Å². The van der Waals surface area contributed by atoms with E-state index in [0.29, 0.717) is 44.9 Å². The van der Waals surface area contributed by atoms with E-state index in [0.717, 1.165) is 6.08 Å². The quantitative estimate of drug-likeness (QED) is 0.213. The van der Waals surface area contributed by atoms with E-state index in [1.54, 1.807) is 25.2 Å². The van der Waals surface area contributed by atoms with Crippen molar-refractivity contribution in [2.75, 3.05) is 0 Å². The number of ether oxygens (including phenoxy) is 6. The van der Waals surface area contributed by atoms with Crippen molar-refractivity contribution in [1.82, 2.24) is 5.32 Å². The van der Waals surface area contributed by atoms with Gasteiger partial charge in [-0.05, 0) is 64.5 Å². The maximum atomic E-state index is 13.6. The summed E-state index contributed by atoms with van der Waals surface area (Å²) in [5.41, 5.74) is -2.35. The second-order valence-electron chi connectivity index (χ2n) is 15.9. The standard InChI is InChI=1S/C40H57NO12/c1-8-12-33(45)41-18-11-9-10-13-30-29(44)19-23(2)28(43)22-27-20-25(4)40(51-27)17-16-38(6)32(53-40)15-14-31(52-38)35-36(50-35)37(48-26(5)42)39(7,47)24(3)21-34(46)49-30/h9-11,18,21,23,25,27,30-32,35-37,47H,8,12-17,19-20,22H2,1-7H3,(H,41,45)/b10-9+,18-11-,24-21+/t23-,25+,27-,30+,31+,32-,35-,36+,37-,38+,39-,40-/m1/s1. The Morgan fingerprint density at radius 2 is 1.77 bits per heavy atom. The molecule has 53 heavy (non-hydrogen) atoms. The van der Waals surface area contributed by atoms with Crippen LogP contribution in [0.5, 0.6) is 0 Å². The predicted octanol–water partition coefficient (Wildman–Crippen LogP) is 4.48. The monoisotopic (exact) mass is 743 g/mol. The zero-order valence-corrected chi connectivity index (χ0v) is 32.1. The summed E-state index contributed by atoms with van der Waals surface area (Å²) < 4.78 is 37.4. The number of amides is 1. The van der Waals surface area contributed by atoms with Crippen LogP contribution in [0.3, 0.4) is 0 Å². The van der Waals surface area contributed by atoms with Crippen molar-refractivity contribution in [2.45, 2.75) is 172 Å². The molecule has 0 unspecified atom stereocenters. The first-order chi connectivity index (χ1) is 25.0. The zero-order chi connectivity index (χ0) is 38.7. The summed E-state index contributed by atoms with van der Waals surface area (Å²) in [5.74, 6) is -3.70. The fourth-order valence-corrected chi connectivity index (χ4v) is 8.13. The lowest BCUT2D eigenvalue weighted by molar-refractivity contribution is -0.344. The Bertz CT molecular complexity index is 1500. The summed E-state index contributed by atoms with van der Waals surface area (Å²) in [4.78, 5) is 64.5. The lowest BCUT2D eigenvalue weighted by atomic mass is 9.78. The SMILES string of the molecule is CCCC(=O)N/C=C\C=C\C[C@@H]1OC(=O)/C=C(\C)[C@@](C)(O)[C@H](OC(C)=O)[C@H]2O[C@@H]2[C@@H]2CC[C@H]3O[C@@]4(CC[C@]3(C)O2)O[C@@H](CC(=O)[C@H](C)CC1=O)C[C@@H]4C. The van der Waals surface area contributed by atoms with E-state index in [1.165, 1.54) is 27.0 Å². The normalized spacial score (nSPS) is 42.0. The molecule has 5 bridgehead atoms. The summed E-state index contributed by atoms with van der Waals surface area (Å²) in [5, 5.41) is 14.5. The Balaban J connectivity index is 1.41. The molecule has 13 nitrogen and oxygen atoms in total. The molecule has 0 saturated carbocycles. The largest absolute Gasteiger partial charge is 0.456 e. The number of allylic oxidation sites excluding steroid dienone is 2. The van der Waals surface area contributed by atoms with Gasteiger partial charge in [0, 0.05) is 63.1 Å². The average molecular weight is 744 g/mol. The number of fused-ring (bicyclic) bond motifs is 2. The van der Waals surface area contributed by atoms with Gasteiger partial charge in [-0.15, -0.1) is 0 Å². The van der Waals surface area contributed by atoms with Gasteiger partial charge in [0.2, 0.25) is 5.91 Å². The molecular formula is C40H57NO12. The zero-order valence-electron chi connectivity index (χ0n) is 32.1. The van der Waals surface area contributed by atoms with E-state index in [9.17, 15) is 29.1 Å². The van der Waals surface area contributed by atoms with E-state index in [2.05, 4.69) is 12.2 Å². The third-order valence-corrected chi connectivity index (χ3v) is 11.6. The molecule has 0 aromatic carbocycles. The van der Waals surface area contributed by atoms with E-state index in [1.807, 2.05) is 13.8 Å². The molecule has 0 aliphatic carbocycles. The average Bonchev–Trinajstić information content (AvgIpc) is 3.82. The van der Waals surface area contributed by atoms with Crippen LogP contribution < -0.4 is 5.32 Å². The second kappa shape index (κ2) is 16.6. The van der Waals surface area contributed by atoms with E-state index in [-0.39, 0.29) is 60.8 Å². The molecule has 4 fully saturated rings. The molecule has 12 atom stereocenters. The third kappa shape index (κ3) is 9.54. The molecule has 7 aliphatic rings. The van der Waals surface area contributed by atoms with Gasteiger partial charge in [-0.1, -0.05) is 32.9 Å². The predicted molar refractivity (Wildman–Crippen MR) is 191 cm³/mol. The summed E-state index contributed by atoms with van der Waals surface area (Å²) in [6, 6.07) is 0. The number of epoxide rings is 1. The van der Waals surface area contributed by atoms with Gasteiger partial charge in [-0.2, -0.15) is 0 Å². The first kappa shape index (κ1) is 40.9. The van der Waals surface area contributed by atoms with Crippen LogP contribution in [0.15, 0.2) is 36.1 Å². The van der Waals surface area contributed by atoms with Gasteiger partial charge in [0.05, 0.1) is 23.9 Å². The highest BCUT2D eigenvalue weighted by Crippen LogP contribution is 2.53. The molecule has 1 amide bonds. The van der Waals surface area contributed by atoms with Gasteiger partial charge in [-0.25, -0.2) is 4.79 Å². The summed E-state index contributed by atoms with van der Waals surface area (Å²) in [6.07, 6.45) is 7.07. The van der Waals surface area contributed by atoms with Crippen molar-refractivity contribution in [2.24, 2.45) is 11.8 Å². The summed E-state index contributed by atoms with van der Waals surface area (Å²) in [6.45, 7) is 11.9. The van der Waals surface area contributed by atoms with Gasteiger partial charge in [0.25, 0.3) is 0 Å². The van der Waals surface area contributed by atoms with Crippen molar-refractivity contribution < 1.29 is 57.5 Å². The number of esters is 2. The fourth-order valence-electron chi connectivity index (χ4n) is 8.13. The Hall–Kier alpha value is -3.23. The number of nitrogens with one attached hydrogen (secondary N) is 1. The van der Waals surface area contributed by atoms with Crippen molar-refractivity contribution in [3.05, 3.63) is 36.1 Å². The highest BCUT2D eigenvalue weighted by atomic mass is 16.7. The molecule has 0 aromatic heterocycles. The van der Waals surface area contributed by atoms with Gasteiger partial charge < -0.3 is 38.8 Å². The smallest absolute Gasteiger partial charge is 0.331 e. The van der Waals surface area contributed by atoms with Crippen LogP contribution in [0.1, 0.15) is 113 Å². The molecule has 7 rings (SSSR count). The summed E-state index contributed by atoms with van der Waals surface area (Å²) in [7, 11) is 0. The minimum atomic E-state index is -1.86. The van der Waals surface area contributed by atoms with Gasteiger partial charge >= 0.3 is 11.9 Å². The van der Waals surface area contributed by atoms with Crippen LogP contribution in [0, 0.1) is 11.8 Å². The highest BCUT2D eigenvalue weighted by Gasteiger charge is 2.62. The molecule has 0 aromatic rings. The number of carbonyl (C=O) groups excluding carboxylic acids is 5. The Morgan fingerprint density at radius 3 is 2.49 bits per heavy atom. The van der Waals surface area contributed by atoms with Crippen LogP contribution in [0.25, 0.3) is 0 Å². The number of ketones is 2. The van der Waals surface area contributed by atoms with Gasteiger partial charge in [0.15, 0.2) is 23.8 Å². The van der Waals surface area contributed by atoms with Crippen LogP contribution in [-0.2, 0) is 52.4 Å². The number of hydrogen-bond donors (Lipinski definition) is 2. The van der Waals surface area contributed by atoms with Gasteiger partial charge in [-0.3, -0.25) is 19.2 Å². The van der Waals surface area contributed by atoms with E-state index < -0.39 is 65.0 Å².